The number of carbonyl (C=O) groups is 1. The quantitative estimate of drug-likeness (QED) is 0.911. The smallest absolute Gasteiger partial charge is 0.253 e. The van der Waals surface area contributed by atoms with Gasteiger partial charge >= 0.3 is 0 Å². The molecule has 0 saturated heterocycles. The molecular formula is C16H18FN3O. The van der Waals surface area contributed by atoms with Crippen molar-refractivity contribution in [3.8, 4) is 11.3 Å². The predicted molar refractivity (Wildman–Crippen MR) is 78.5 cm³/mol. The summed E-state index contributed by atoms with van der Waals surface area (Å²) < 4.78 is 13.9. The molecule has 0 spiro atoms. The van der Waals surface area contributed by atoms with Crippen LogP contribution in [0, 0.1) is 11.7 Å². The van der Waals surface area contributed by atoms with Crippen LogP contribution in [0.4, 0.5) is 4.39 Å². The van der Waals surface area contributed by atoms with Crippen LogP contribution in [0.5, 0.6) is 0 Å². The normalized spacial score (nSPS) is 17.7. The zero-order valence-electron chi connectivity index (χ0n) is 12.1. The molecule has 3 rings (SSSR count). The zero-order valence-corrected chi connectivity index (χ0v) is 12.1. The van der Waals surface area contributed by atoms with E-state index >= 15 is 0 Å². The molecule has 1 unspecified atom stereocenters. The fourth-order valence-corrected chi connectivity index (χ4v) is 2.90. The number of rotatable bonds is 3. The summed E-state index contributed by atoms with van der Waals surface area (Å²) in [6.45, 7) is 4.94. The molecule has 3 heterocycles. The lowest BCUT2D eigenvalue weighted by Gasteiger charge is -2.24. The van der Waals surface area contributed by atoms with Crippen LogP contribution >= 0.6 is 0 Å². The van der Waals surface area contributed by atoms with Crippen molar-refractivity contribution in [3.63, 3.8) is 0 Å². The average molecular weight is 287 g/mol. The minimum atomic E-state index is -0.392. The molecule has 5 heteroatoms. The number of aromatic nitrogens is 2. The van der Waals surface area contributed by atoms with E-state index in [2.05, 4.69) is 29.1 Å². The lowest BCUT2D eigenvalue weighted by atomic mass is 9.89. The number of nitrogens with zero attached hydrogens (tertiary/aromatic N) is 1. The number of amides is 1. The standard InChI is InChI=1S/C16H18FN3O/c1-9(2)5-10-7-19-16(21)12-6-14(20-15(10)12)11-3-4-18-8-13(11)17/h3-4,6,8-10,20H,5,7H2,1-2H3,(H,19,21). The topological polar surface area (TPSA) is 57.8 Å². The molecule has 1 amide bonds. The number of carbonyl (C=O) groups excluding carboxylic acids is 1. The second-order valence-corrected chi connectivity index (χ2v) is 5.90. The highest BCUT2D eigenvalue weighted by atomic mass is 19.1. The minimum Gasteiger partial charge on any atom is -0.357 e. The Bertz CT molecular complexity index is 678. The van der Waals surface area contributed by atoms with Crippen LogP contribution in [0.1, 0.15) is 42.2 Å². The monoisotopic (exact) mass is 287 g/mol. The Morgan fingerprint density at radius 1 is 1.43 bits per heavy atom. The third-order valence-electron chi connectivity index (χ3n) is 3.83. The van der Waals surface area contributed by atoms with Gasteiger partial charge in [0.15, 0.2) is 5.82 Å². The van der Waals surface area contributed by atoms with Crippen LogP contribution < -0.4 is 5.32 Å². The summed E-state index contributed by atoms with van der Waals surface area (Å²) in [5, 5.41) is 2.91. The van der Waals surface area contributed by atoms with Crippen molar-refractivity contribution in [1.29, 1.82) is 0 Å². The molecule has 1 atom stereocenters. The van der Waals surface area contributed by atoms with Gasteiger partial charge in [-0.3, -0.25) is 9.78 Å². The van der Waals surface area contributed by atoms with Gasteiger partial charge in [-0.1, -0.05) is 13.8 Å². The van der Waals surface area contributed by atoms with Crippen molar-refractivity contribution in [2.24, 2.45) is 5.92 Å². The van der Waals surface area contributed by atoms with Crippen molar-refractivity contribution in [2.75, 3.05) is 6.54 Å². The Hall–Kier alpha value is -2.17. The number of hydrogen-bond donors (Lipinski definition) is 2. The van der Waals surface area contributed by atoms with Gasteiger partial charge in [0.05, 0.1) is 11.8 Å². The summed E-state index contributed by atoms with van der Waals surface area (Å²) in [5.41, 5.74) is 2.61. The number of nitrogens with one attached hydrogen (secondary N) is 2. The van der Waals surface area contributed by atoms with E-state index in [0.29, 0.717) is 29.3 Å². The second-order valence-electron chi connectivity index (χ2n) is 5.90. The van der Waals surface area contributed by atoms with Crippen molar-refractivity contribution in [3.05, 3.63) is 41.6 Å². The molecule has 0 saturated carbocycles. The zero-order chi connectivity index (χ0) is 15.0. The highest BCUT2D eigenvalue weighted by Gasteiger charge is 2.28. The maximum Gasteiger partial charge on any atom is 0.253 e. The first kappa shape index (κ1) is 13.8. The molecular weight excluding hydrogens is 269 g/mol. The Kier molecular flexibility index (Phi) is 3.49. The fourth-order valence-electron chi connectivity index (χ4n) is 2.90. The molecule has 1 aliphatic rings. The molecule has 2 aromatic heterocycles. The van der Waals surface area contributed by atoms with Gasteiger partial charge in [0, 0.05) is 35.6 Å². The van der Waals surface area contributed by atoms with Crippen molar-refractivity contribution >= 4 is 5.91 Å². The molecule has 110 valence electrons. The third-order valence-corrected chi connectivity index (χ3v) is 3.83. The van der Waals surface area contributed by atoms with Gasteiger partial charge in [0.1, 0.15) is 0 Å². The van der Waals surface area contributed by atoms with E-state index in [1.807, 2.05) is 0 Å². The van der Waals surface area contributed by atoms with E-state index in [0.717, 1.165) is 12.1 Å². The molecule has 21 heavy (non-hydrogen) atoms. The van der Waals surface area contributed by atoms with E-state index in [1.54, 1.807) is 18.3 Å². The largest absolute Gasteiger partial charge is 0.357 e. The number of halogens is 1. The molecule has 2 N–H and O–H groups in total. The van der Waals surface area contributed by atoms with Gasteiger partial charge in [0.25, 0.3) is 5.91 Å². The van der Waals surface area contributed by atoms with E-state index in [9.17, 15) is 9.18 Å². The van der Waals surface area contributed by atoms with Gasteiger partial charge in [-0.05, 0) is 24.5 Å². The third kappa shape index (κ3) is 2.55. The SMILES string of the molecule is CC(C)CC1CNC(=O)c2cc(-c3ccncc3F)[nH]c21. The maximum atomic E-state index is 13.9. The van der Waals surface area contributed by atoms with Gasteiger partial charge in [-0.2, -0.15) is 0 Å². The molecule has 1 aliphatic heterocycles. The van der Waals surface area contributed by atoms with Crippen LogP contribution in [-0.4, -0.2) is 22.4 Å². The highest BCUT2D eigenvalue weighted by molar-refractivity contribution is 5.98. The van der Waals surface area contributed by atoms with Crippen molar-refractivity contribution in [1.82, 2.24) is 15.3 Å². The number of aromatic amines is 1. The molecule has 0 radical (unpaired) electrons. The Morgan fingerprint density at radius 3 is 2.95 bits per heavy atom. The first-order valence-corrected chi connectivity index (χ1v) is 7.17. The Morgan fingerprint density at radius 2 is 2.24 bits per heavy atom. The summed E-state index contributed by atoms with van der Waals surface area (Å²) in [6.07, 6.45) is 3.71. The predicted octanol–water partition coefficient (Wildman–Crippen LogP) is 3.09. The van der Waals surface area contributed by atoms with Crippen molar-refractivity contribution < 1.29 is 9.18 Å². The summed E-state index contributed by atoms with van der Waals surface area (Å²) in [6, 6.07) is 3.34. The first-order valence-electron chi connectivity index (χ1n) is 7.17. The summed E-state index contributed by atoms with van der Waals surface area (Å²) in [7, 11) is 0. The van der Waals surface area contributed by atoms with Crippen LogP contribution in [-0.2, 0) is 0 Å². The van der Waals surface area contributed by atoms with E-state index in [-0.39, 0.29) is 11.8 Å². The number of fused-ring (bicyclic) bond motifs is 1. The minimum absolute atomic E-state index is 0.0954. The number of pyridine rings is 1. The lowest BCUT2D eigenvalue weighted by molar-refractivity contribution is 0.0938. The Balaban J connectivity index is 2.04. The van der Waals surface area contributed by atoms with Crippen molar-refractivity contribution in [2.45, 2.75) is 26.2 Å². The first-order chi connectivity index (χ1) is 10.1. The van der Waals surface area contributed by atoms with Gasteiger partial charge in [-0.25, -0.2) is 4.39 Å². The molecule has 2 aromatic rings. The fraction of sp³-hybridized carbons (Fsp3) is 0.375. The van der Waals surface area contributed by atoms with Crippen LogP contribution in [0.15, 0.2) is 24.5 Å². The van der Waals surface area contributed by atoms with Gasteiger partial charge in [-0.15, -0.1) is 0 Å². The van der Waals surface area contributed by atoms with Crippen LogP contribution in [0.2, 0.25) is 0 Å². The Labute approximate surface area is 122 Å². The number of hydrogen-bond acceptors (Lipinski definition) is 2. The van der Waals surface area contributed by atoms with Crippen LogP contribution in [0.3, 0.4) is 0 Å². The summed E-state index contributed by atoms with van der Waals surface area (Å²) >= 11 is 0. The van der Waals surface area contributed by atoms with Gasteiger partial charge < -0.3 is 10.3 Å². The second kappa shape index (κ2) is 5.31. The van der Waals surface area contributed by atoms with Gasteiger partial charge in [0.2, 0.25) is 0 Å². The molecule has 0 fully saturated rings. The molecule has 0 aromatic carbocycles. The molecule has 0 aliphatic carbocycles. The maximum absolute atomic E-state index is 13.9. The highest BCUT2D eigenvalue weighted by Crippen LogP contribution is 2.32. The van der Waals surface area contributed by atoms with E-state index in [4.69, 9.17) is 0 Å². The van der Waals surface area contributed by atoms with E-state index in [1.165, 1.54) is 6.20 Å². The number of H-pyrrole nitrogens is 1. The lowest BCUT2D eigenvalue weighted by Crippen LogP contribution is -2.35. The average Bonchev–Trinajstić information content (AvgIpc) is 2.88. The van der Waals surface area contributed by atoms with Crippen LogP contribution in [0.25, 0.3) is 11.3 Å². The summed E-state index contributed by atoms with van der Waals surface area (Å²) in [5.74, 6) is 0.289. The van der Waals surface area contributed by atoms with E-state index < -0.39 is 5.82 Å². The molecule has 0 bridgehead atoms. The summed E-state index contributed by atoms with van der Waals surface area (Å²) in [4.78, 5) is 19.0. The molecule has 4 nitrogen and oxygen atoms in total.